The number of nitrogens with zero attached hydrogens (tertiary/aromatic N) is 4. The van der Waals surface area contributed by atoms with E-state index >= 15 is 0 Å². The van der Waals surface area contributed by atoms with Gasteiger partial charge in [0.2, 0.25) is 0 Å². The maximum Gasteiger partial charge on any atom is 0.469 e. The van der Waals surface area contributed by atoms with E-state index < -0.39 is 39.0 Å². The highest BCUT2D eigenvalue weighted by Gasteiger charge is 2.45. The summed E-state index contributed by atoms with van der Waals surface area (Å²) < 4.78 is 22.2. The number of hydrogen-bond donors (Lipinski definition) is 4. The number of imidazole rings is 1. The molecule has 3 heterocycles. The molecule has 2 aromatic heterocycles. The fourth-order valence-corrected chi connectivity index (χ4v) is 3.14. The number of rotatable bonds is 5. The van der Waals surface area contributed by atoms with Gasteiger partial charge in [-0.3, -0.25) is 9.09 Å². The van der Waals surface area contributed by atoms with E-state index in [0.29, 0.717) is 23.4 Å². The first-order chi connectivity index (χ1) is 11.7. The van der Waals surface area contributed by atoms with Crippen LogP contribution in [-0.2, 0) is 20.2 Å². The number of aliphatic hydroxyl groups excluding tert-OH is 2. The monoisotopic (exact) mass is 374 g/mol. The summed E-state index contributed by atoms with van der Waals surface area (Å²) in [7, 11) is -4.71. The lowest BCUT2D eigenvalue weighted by atomic mass is 10.1. The average molecular weight is 374 g/mol. The lowest BCUT2D eigenvalue weighted by Gasteiger charge is -2.16. The molecule has 1 saturated heterocycles. The highest BCUT2D eigenvalue weighted by molar-refractivity contribution is 7.46. The molecule has 11 nitrogen and oxygen atoms in total. The molecule has 1 aliphatic heterocycles. The zero-order valence-corrected chi connectivity index (χ0v) is 14.4. The second-order valence-electron chi connectivity index (χ2n) is 5.73. The molecule has 0 spiro atoms. The number of fused-ring (bicyclic) bond motifs is 1. The van der Waals surface area contributed by atoms with Crippen LogP contribution in [0.3, 0.4) is 0 Å². The van der Waals surface area contributed by atoms with Crippen LogP contribution in [0.2, 0.25) is 0 Å². The minimum Gasteiger partial charge on any atom is -0.387 e. The molecule has 0 aliphatic carbocycles. The summed E-state index contributed by atoms with van der Waals surface area (Å²) in [6.45, 7) is 3.09. The lowest BCUT2D eigenvalue weighted by molar-refractivity contribution is -0.0504. The van der Waals surface area contributed by atoms with Crippen molar-refractivity contribution in [1.29, 1.82) is 0 Å². The van der Waals surface area contributed by atoms with Crippen LogP contribution >= 0.6 is 7.82 Å². The van der Waals surface area contributed by atoms with Gasteiger partial charge in [0, 0.05) is 0 Å². The first-order valence-corrected chi connectivity index (χ1v) is 9.16. The first kappa shape index (κ1) is 18.3. The molecular weight excluding hydrogens is 355 g/mol. The molecule has 0 amide bonds. The van der Waals surface area contributed by atoms with Crippen LogP contribution in [-0.4, -0.2) is 64.4 Å². The number of aryl methyl sites for hydroxylation is 2. The van der Waals surface area contributed by atoms with E-state index in [9.17, 15) is 14.8 Å². The van der Waals surface area contributed by atoms with Crippen LogP contribution in [0.25, 0.3) is 11.2 Å². The van der Waals surface area contributed by atoms with E-state index in [1.54, 1.807) is 6.92 Å². The first-order valence-electron chi connectivity index (χ1n) is 7.63. The van der Waals surface area contributed by atoms with Gasteiger partial charge in [-0.2, -0.15) is 0 Å². The SMILES string of the molecule is CCc1nc(C)nc2c1ncn2[C@@H]1O[C@H](COP(=O)(O)O)[C@@H](O)[C@H]1O. The molecule has 2 aromatic rings. The van der Waals surface area contributed by atoms with E-state index in [-0.39, 0.29) is 0 Å². The van der Waals surface area contributed by atoms with Gasteiger partial charge in [-0.1, -0.05) is 6.92 Å². The fourth-order valence-electron chi connectivity index (χ4n) is 2.80. The van der Waals surface area contributed by atoms with Crippen molar-refractivity contribution in [3.05, 3.63) is 17.8 Å². The number of phosphoric ester groups is 1. The Labute approximate surface area is 142 Å². The maximum atomic E-state index is 10.8. The van der Waals surface area contributed by atoms with E-state index in [0.717, 1.165) is 5.69 Å². The summed E-state index contributed by atoms with van der Waals surface area (Å²) in [4.78, 5) is 30.4. The molecular formula is C13H19N4O7P. The number of hydrogen-bond acceptors (Lipinski definition) is 8. The van der Waals surface area contributed by atoms with E-state index in [2.05, 4.69) is 19.5 Å². The third kappa shape index (κ3) is 3.58. The second-order valence-corrected chi connectivity index (χ2v) is 6.97. The third-order valence-electron chi connectivity index (χ3n) is 3.96. The number of ether oxygens (including phenoxy) is 1. The van der Waals surface area contributed by atoms with Gasteiger partial charge in [0.05, 0.1) is 18.6 Å². The number of aliphatic hydroxyl groups is 2. The Balaban J connectivity index is 1.90. The zero-order chi connectivity index (χ0) is 18.4. The van der Waals surface area contributed by atoms with Crippen LogP contribution in [0.5, 0.6) is 0 Å². The lowest BCUT2D eigenvalue weighted by Crippen LogP contribution is -2.33. The van der Waals surface area contributed by atoms with Gasteiger partial charge in [0.25, 0.3) is 0 Å². The largest absolute Gasteiger partial charge is 0.469 e. The second kappa shape index (κ2) is 6.69. The van der Waals surface area contributed by atoms with Crippen molar-refractivity contribution in [3.63, 3.8) is 0 Å². The number of phosphoric acid groups is 1. The summed E-state index contributed by atoms with van der Waals surface area (Å²) >= 11 is 0. The van der Waals surface area contributed by atoms with Crippen molar-refractivity contribution in [1.82, 2.24) is 19.5 Å². The Bertz CT molecular complexity index is 822. The van der Waals surface area contributed by atoms with Crippen molar-refractivity contribution in [2.45, 2.75) is 44.8 Å². The van der Waals surface area contributed by atoms with E-state index in [1.165, 1.54) is 10.9 Å². The Morgan fingerprint density at radius 3 is 2.68 bits per heavy atom. The highest BCUT2D eigenvalue weighted by Crippen LogP contribution is 2.38. The fraction of sp³-hybridized carbons (Fsp3) is 0.615. The normalized spacial score (nSPS) is 27.3. The summed E-state index contributed by atoms with van der Waals surface area (Å²) in [6.07, 6.45) is -2.80. The minimum atomic E-state index is -4.71. The highest BCUT2D eigenvalue weighted by atomic mass is 31.2. The van der Waals surface area contributed by atoms with Gasteiger partial charge < -0.3 is 24.7 Å². The molecule has 0 aromatic carbocycles. The molecule has 0 saturated carbocycles. The van der Waals surface area contributed by atoms with Crippen LogP contribution < -0.4 is 0 Å². The molecule has 0 radical (unpaired) electrons. The maximum absolute atomic E-state index is 10.8. The van der Waals surface area contributed by atoms with Crippen LogP contribution in [0.4, 0.5) is 0 Å². The molecule has 1 fully saturated rings. The van der Waals surface area contributed by atoms with Crippen molar-refractivity contribution in [3.8, 4) is 0 Å². The molecule has 0 unspecified atom stereocenters. The Morgan fingerprint density at radius 2 is 2.04 bits per heavy atom. The predicted octanol–water partition coefficient (Wildman–Crippen LogP) is -0.574. The topological polar surface area (TPSA) is 160 Å². The van der Waals surface area contributed by atoms with Crippen LogP contribution in [0, 0.1) is 6.92 Å². The summed E-state index contributed by atoms with van der Waals surface area (Å²) in [6, 6.07) is 0. The minimum absolute atomic E-state index is 0.442. The Hall–Kier alpha value is -1.46. The standard InChI is InChI=1S/C13H19N4O7P/c1-3-7-9-12(16-6(2)15-7)17(5-14-9)13-11(19)10(18)8(24-13)4-23-25(20,21)22/h5,8,10-11,13,18-19H,3-4H2,1-2H3,(H2,20,21,22)/t8-,10-,11-,13-/m1/s1. The van der Waals surface area contributed by atoms with Crippen molar-refractivity contribution in [2.24, 2.45) is 0 Å². The molecule has 25 heavy (non-hydrogen) atoms. The van der Waals surface area contributed by atoms with Crippen LogP contribution in [0.15, 0.2) is 6.33 Å². The molecule has 4 atom stereocenters. The molecule has 12 heteroatoms. The van der Waals surface area contributed by atoms with Gasteiger partial charge in [0.1, 0.15) is 29.7 Å². The molecule has 0 bridgehead atoms. The molecule has 1 aliphatic rings. The molecule has 138 valence electrons. The average Bonchev–Trinajstić information content (AvgIpc) is 3.06. The molecule has 3 rings (SSSR count). The van der Waals surface area contributed by atoms with Crippen LogP contribution in [0.1, 0.15) is 24.7 Å². The predicted molar refractivity (Wildman–Crippen MR) is 83.4 cm³/mol. The van der Waals surface area contributed by atoms with E-state index in [4.69, 9.17) is 14.5 Å². The van der Waals surface area contributed by atoms with Crippen molar-refractivity contribution in [2.75, 3.05) is 6.61 Å². The summed E-state index contributed by atoms with van der Waals surface area (Å²) in [5.74, 6) is 0.528. The third-order valence-corrected chi connectivity index (χ3v) is 4.44. The summed E-state index contributed by atoms with van der Waals surface area (Å²) in [5.41, 5.74) is 1.75. The van der Waals surface area contributed by atoms with Crippen molar-refractivity contribution < 1.29 is 33.8 Å². The Kier molecular flexibility index (Phi) is 4.91. The van der Waals surface area contributed by atoms with Gasteiger partial charge in [0.15, 0.2) is 11.9 Å². The van der Waals surface area contributed by atoms with Gasteiger partial charge >= 0.3 is 7.82 Å². The quantitative estimate of drug-likeness (QED) is 0.499. The smallest absolute Gasteiger partial charge is 0.387 e. The van der Waals surface area contributed by atoms with Crippen molar-refractivity contribution >= 4 is 19.0 Å². The number of aromatic nitrogens is 4. The van der Waals surface area contributed by atoms with Gasteiger partial charge in [-0.25, -0.2) is 19.5 Å². The zero-order valence-electron chi connectivity index (χ0n) is 13.6. The Morgan fingerprint density at radius 1 is 1.32 bits per heavy atom. The molecule has 4 N–H and O–H groups in total. The van der Waals surface area contributed by atoms with Gasteiger partial charge in [-0.15, -0.1) is 0 Å². The van der Waals surface area contributed by atoms with Gasteiger partial charge in [-0.05, 0) is 13.3 Å². The summed E-state index contributed by atoms with van der Waals surface area (Å²) in [5, 5.41) is 20.3. The van der Waals surface area contributed by atoms with E-state index in [1.807, 2.05) is 6.92 Å².